The van der Waals surface area contributed by atoms with Gasteiger partial charge in [-0.3, -0.25) is 15.0 Å². The molecular weight excluding hydrogens is 374 g/mol. The number of thiophene rings is 1. The molecule has 26 heavy (non-hydrogen) atoms. The smallest absolute Gasteiger partial charge is 0.267 e. The van der Waals surface area contributed by atoms with Crippen LogP contribution in [0.3, 0.4) is 0 Å². The molecule has 1 N–H and O–H groups in total. The SMILES string of the molecule is Cc1nc2sccc2c(=O)n1NC(=O)c1ccc(S(=O)(=O)C(C)C)cc1. The molecule has 7 nitrogen and oxygen atoms in total. The van der Waals surface area contributed by atoms with E-state index in [2.05, 4.69) is 10.4 Å². The minimum Gasteiger partial charge on any atom is -0.267 e. The maximum atomic E-state index is 12.5. The largest absolute Gasteiger partial charge is 0.281 e. The van der Waals surface area contributed by atoms with Crippen LogP contribution in [0.4, 0.5) is 0 Å². The van der Waals surface area contributed by atoms with Crippen molar-refractivity contribution in [2.24, 2.45) is 0 Å². The van der Waals surface area contributed by atoms with E-state index in [0.717, 1.165) is 4.68 Å². The maximum absolute atomic E-state index is 12.5. The number of carbonyl (C=O) groups is 1. The summed E-state index contributed by atoms with van der Waals surface area (Å²) < 4.78 is 25.4. The highest BCUT2D eigenvalue weighted by molar-refractivity contribution is 7.92. The molecule has 136 valence electrons. The quantitative estimate of drug-likeness (QED) is 0.736. The van der Waals surface area contributed by atoms with E-state index in [4.69, 9.17) is 0 Å². The van der Waals surface area contributed by atoms with Crippen molar-refractivity contribution >= 4 is 37.3 Å². The van der Waals surface area contributed by atoms with Crippen molar-refractivity contribution in [3.63, 3.8) is 0 Å². The molecule has 2 aromatic heterocycles. The minimum atomic E-state index is -3.41. The van der Waals surface area contributed by atoms with Gasteiger partial charge in [-0.1, -0.05) is 0 Å². The number of fused-ring (bicyclic) bond motifs is 1. The molecule has 0 radical (unpaired) electrons. The van der Waals surface area contributed by atoms with Gasteiger partial charge >= 0.3 is 0 Å². The highest BCUT2D eigenvalue weighted by Gasteiger charge is 2.19. The first-order valence-electron chi connectivity index (χ1n) is 7.84. The van der Waals surface area contributed by atoms with Gasteiger partial charge in [0.2, 0.25) is 0 Å². The third kappa shape index (κ3) is 3.15. The minimum absolute atomic E-state index is 0.152. The summed E-state index contributed by atoms with van der Waals surface area (Å²) in [6.07, 6.45) is 0. The van der Waals surface area contributed by atoms with Gasteiger partial charge in [0.1, 0.15) is 10.7 Å². The normalized spacial score (nSPS) is 11.8. The van der Waals surface area contributed by atoms with Gasteiger partial charge in [0.05, 0.1) is 15.5 Å². The molecule has 0 fully saturated rings. The lowest BCUT2D eigenvalue weighted by molar-refractivity contribution is 0.101. The molecule has 0 atom stereocenters. The number of nitrogens with one attached hydrogen (secondary N) is 1. The summed E-state index contributed by atoms with van der Waals surface area (Å²) in [5.41, 5.74) is 2.40. The Balaban J connectivity index is 1.91. The number of aromatic nitrogens is 2. The average molecular weight is 391 g/mol. The number of carbonyl (C=O) groups excluding carboxylic acids is 1. The van der Waals surface area contributed by atoms with E-state index in [9.17, 15) is 18.0 Å². The van der Waals surface area contributed by atoms with Gasteiger partial charge in [0, 0.05) is 5.56 Å². The first kappa shape index (κ1) is 18.3. The fourth-order valence-corrected chi connectivity index (χ4v) is 4.24. The van der Waals surface area contributed by atoms with Crippen molar-refractivity contribution in [3.05, 3.63) is 57.5 Å². The zero-order chi connectivity index (χ0) is 19.1. The average Bonchev–Trinajstić information content (AvgIpc) is 3.06. The number of aryl methyl sites for hydroxylation is 1. The zero-order valence-electron chi connectivity index (χ0n) is 14.4. The summed E-state index contributed by atoms with van der Waals surface area (Å²) in [6, 6.07) is 7.27. The van der Waals surface area contributed by atoms with Crippen LogP contribution in [0.1, 0.15) is 30.0 Å². The highest BCUT2D eigenvalue weighted by atomic mass is 32.2. The van der Waals surface area contributed by atoms with Gasteiger partial charge < -0.3 is 0 Å². The molecular formula is C17H17N3O4S2. The summed E-state index contributed by atoms with van der Waals surface area (Å²) in [5.74, 6) is -0.169. The Kier molecular flexibility index (Phi) is 4.68. The molecule has 0 aliphatic heterocycles. The molecule has 1 aromatic carbocycles. The lowest BCUT2D eigenvalue weighted by Crippen LogP contribution is -2.35. The molecule has 3 rings (SSSR count). The second kappa shape index (κ2) is 6.65. The second-order valence-electron chi connectivity index (χ2n) is 6.00. The summed E-state index contributed by atoms with van der Waals surface area (Å²) >= 11 is 1.35. The van der Waals surface area contributed by atoms with E-state index in [1.54, 1.807) is 32.2 Å². The van der Waals surface area contributed by atoms with Crippen LogP contribution in [-0.4, -0.2) is 29.2 Å². The molecule has 0 unspecified atom stereocenters. The third-order valence-electron chi connectivity index (χ3n) is 3.94. The van der Waals surface area contributed by atoms with Crippen molar-refractivity contribution in [3.8, 4) is 0 Å². The van der Waals surface area contributed by atoms with Crippen LogP contribution in [0.15, 0.2) is 45.4 Å². The fourth-order valence-electron chi connectivity index (χ4n) is 2.38. The molecule has 9 heteroatoms. The standard InChI is InChI=1S/C17H17N3O4S2/c1-10(2)26(23,24)13-6-4-12(5-7-13)15(21)19-20-11(3)18-16-14(17(20)22)8-9-25-16/h4-10H,1-3H3,(H,19,21). The van der Waals surface area contributed by atoms with E-state index in [1.807, 2.05) is 0 Å². The number of rotatable bonds is 4. The Labute approximate surface area is 154 Å². The molecule has 2 heterocycles. The number of amides is 1. The van der Waals surface area contributed by atoms with E-state index in [0.29, 0.717) is 16.0 Å². The van der Waals surface area contributed by atoms with Crippen LogP contribution in [0, 0.1) is 6.92 Å². The van der Waals surface area contributed by atoms with Gasteiger partial charge in [-0.05, 0) is 56.5 Å². The van der Waals surface area contributed by atoms with E-state index >= 15 is 0 Å². The highest BCUT2D eigenvalue weighted by Crippen LogP contribution is 2.17. The van der Waals surface area contributed by atoms with Crippen LogP contribution in [-0.2, 0) is 9.84 Å². The fraction of sp³-hybridized carbons (Fsp3) is 0.235. The zero-order valence-corrected chi connectivity index (χ0v) is 16.0. The first-order valence-corrected chi connectivity index (χ1v) is 10.3. The number of nitrogens with zero attached hydrogens (tertiary/aromatic N) is 2. The molecule has 3 aromatic rings. The number of hydrogen-bond donors (Lipinski definition) is 1. The van der Waals surface area contributed by atoms with Gasteiger partial charge in [-0.15, -0.1) is 11.3 Å². The predicted octanol–water partition coefficient (Wildman–Crippen LogP) is 2.33. The Bertz CT molecular complexity index is 1140. The van der Waals surface area contributed by atoms with E-state index < -0.39 is 21.0 Å². The number of benzene rings is 1. The maximum Gasteiger partial charge on any atom is 0.281 e. The summed E-state index contributed by atoms with van der Waals surface area (Å²) in [5, 5.41) is 1.64. The van der Waals surface area contributed by atoms with Crippen LogP contribution < -0.4 is 11.0 Å². The van der Waals surface area contributed by atoms with Gasteiger partial charge in [-0.25, -0.2) is 18.1 Å². The van der Waals surface area contributed by atoms with Crippen molar-refractivity contribution in [1.82, 2.24) is 9.66 Å². The lowest BCUT2D eigenvalue weighted by Gasteiger charge is -2.12. The lowest BCUT2D eigenvalue weighted by atomic mass is 10.2. The topological polar surface area (TPSA) is 98.1 Å². The molecule has 0 aliphatic carbocycles. The third-order valence-corrected chi connectivity index (χ3v) is 6.92. The van der Waals surface area contributed by atoms with Gasteiger partial charge in [0.15, 0.2) is 9.84 Å². The Morgan fingerprint density at radius 1 is 1.19 bits per heavy atom. The van der Waals surface area contributed by atoms with Crippen LogP contribution in [0.25, 0.3) is 10.2 Å². The van der Waals surface area contributed by atoms with Crippen LogP contribution in [0.2, 0.25) is 0 Å². The molecule has 0 saturated carbocycles. The molecule has 0 bridgehead atoms. The molecule has 0 spiro atoms. The summed E-state index contributed by atoms with van der Waals surface area (Å²) in [7, 11) is -3.41. The Hall–Kier alpha value is -2.52. The molecule has 1 amide bonds. The van der Waals surface area contributed by atoms with Gasteiger partial charge in [0.25, 0.3) is 11.5 Å². The summed E-state index contributed by atoms with van der Waals surface area (Å²) in [6.45, 7) is 4.82. The monoisotopic (exact) mass is 391 g/mol. The number of hydrogen-bond acceptors (Lipinski definition) is 6. The van der Waals surface area contributed by atoms with Crippen LogP contribution in [0.5, 0.6) is 0 Å². The van der Waals surface area contributed by atoms with E-state index in [-0.39, 0.29) is 16.0 Å². The van der Waals surface area contributed by atoms with Crippen molar-refractivity contribution in [2.75, 3.05) is 5.43 Å². The molecule has 0 saturated heterocycles. The van der Waals surface area contributed by atoms with Crippen molar-refractivity contribution in [1.29, 1.82) is 0 Å². The van der Waals surface area contributed by atoms with Gasteiger partial charge in [-0.2, -0.15) is 0 Å². The van der Waals surface area contributed by atoms with Crippen molar-refractivity contribution in [2.45, 2.75) is 30.9 Å². The van der Waals surface area contributed by atoms with Crippen molar-refractivity contribution < 1.29 is 13.2 Å². The van der Waals surface area contributed by atoms with Crippen LogP contribution >= 0.6 is 11.3 Å². The number of sulfone groups is 1. The predicted molar refractivity (Wildman–Crippen MR) is 101 cm³/mol. The second-order valence-corrected chi connectivity index (χ2v) is 9.40. The molecule has 0 aliphatic rings. The summed E-state index contributed by atoms with van der Waals surface area (Å²) in [4.78, 5) is 30.0. The first-order chi connectivity index (χ1) is 12.2. The van der Waals surface area contributed by atoms with E-state index in [1.165, 1.54) is 35.6 Å². The Morgan fingerprint density at radius 2 is 1.85 bits per heavy atom. The Morgan fingerprint density at radius 3 is 2.46 bits per heavy atom.